The van der Waals surface area contributed by atoms with Crippen molar-refractivity contribution in [1.29, 1.82) is 0 Å². The number of rotatable bonds is 3. The molecule has 0 saturated carbocycles. The molecule has 0 aliphatic carbocycles. The summed E-state index contributed by atoms with van der Waals surface area (Å²) < 4.78 is 10.3. The summed E-state index contributed by atoms with van der Waals surface area (Å²) in [6.45, 7) is 3.99. The molecule has 3 heteroatoms. The quantitative estimate of drug-likeness (QED) is 0.749. The number of benzene rings is 1. The molecular formula is C11H17NO2. The highest BCUT2D eigenvalue weighted by Gasteiger charge is 2.10. The summed E-state index contributed by atoms with van der Waals surface area (Å²) in [5, 5.41) is 0. The highest BCUT2D eigenvalue weighted by Crippen LogP contribution is 2.25. The Labute approximate surface area is 84.8 Å². The van der Waals surface area contributed by atoms with E-state index in [0.717, 1.165) is 22.4 Å². The van der Waals surface area contributed by atoms with E-state index in [1.54, 1.807) is 14.2 Å². The fourth-order valence-corrected chi connectivity index (χ4v) is 1.47. The van der Waals surface area contributed by atoms with Crippen LogP contribution in [0.4, 0.5) is 0 Å². The van der Waals surface area contributed by atoms with Crippen molar-refractivity contribution in [2.45, 2.75) is 20.1 Å². The molecule has 3 nitrogen and oxygen atoms in total. The first-order valence-electron chi connectivity index (χ1n) is 4.53. The lowest BCUT2D eigenvalue weighted by Gasteiger charge is -2.15. The first-order valence-corrected chi connectivity index (χ1v) is 4.53. The van der Waals surface area contributed by atoms with Crippen LogP contribution in [0.25, 0.3) is 0 Å². The van der Waals surface area contributed by atoms with Crippen LogP contribution in [0.15, 0.2) is 12.1 Å². The maximum atomic E-state index is 5.79. The van der Waals surface area contributed by atoms with E-state index in [2.05, 4.69) is 0 Å². The van der Waals surface area contributed by atoms with Gasteiger partial charge in [0.25, 0.3) is 0 Å². The smallest absolute Gasteiger partial charge is 0.131 e. The van der Waals surface area contributed by atoms with Gasteiger partial charge in [0.1, 0.15) is 12.0 Å². The normalized spacial score (nSPS) is 12.6. The van der Waals surface area contributed by atoms with Crippen molar-refractivity contribution in [3.63, 3.8) is 0 Å². The van der Waals surface area contributed by atoms with Gasteiger partial charge in [0, 0.05) is 7.11 Å². The Balaban J connectivity index is 3.14. The second kappa shape index (κ2) is 4.44. The van der Waals surface area contributed by atoms with Crippen molar-refractivity contribution in [3.8, 4) is 5.75 Å². The molecule has 0 saturated heterocycles. The number of methoxy groups -OCH3 is 2. The Hall–Kier alpha value is -1.06. The third-order valence-electron chi connectivity index (χ3n) is 2.34. The zero-order valence-electron chi connectivity index (χ0n) is 9.13. The van der Waals surface area contributed by atoms with Crippen LogP contribution in [0.5, 0.6) is 5.75 Å². The van der Waals surface area contributed by atoms with Gasteiger partial charge in [-0.2, -0.15) is 0 Å². The molecule has 78 valence electrons. The molecule has 0 radical (unpaired) electrons. The maximum absolute atomic E-state index is 5.79. The fourth-order valence-electron chi connectivity index (χ4n) is 1.47. The van der Waals surface area contributed by atoms with Crippen molar-refractivity contribution in [1.82, 2.24) is 0 Å². The van der Waals surface area contributed by atoms with Crippen LogP contribution in [-0.2, 0) is 4.74 Å². The van der Waals surface area contributed by atoms with Crippen LogP contribution in [0.1, 0.15) is 22.9 Å². The van der Waals surface area contributed by atoms with E-state index in [9.17, 15) is 0 Å². The number of hydrogen-bond acceptors (Lipinski definition) is 3. The molecule has 0 aromatic heterocycles. The zero-order valence-corrected chi connectivity index (χ0v) is 9.13. The minimum Gasteiger partial charge on any atom is -0.496 e. The Morgan fingerprint density at radius 1 is 1.14 bits per heavy atom. The summed E-state index contributed by atoms with van der Waals surface area (Å²) in [7, 11) is 3.27. The SMILES string of the molecule is COc1cc(C)c(C(N)OC)cc1C. The van der Waals surface area contributed by atoms with E-state index in [-0.39, 0.29) is 6.23 Å². The Morgan fingerprint density at radius 2 is 1.79 bits per heavy atom. The van der Waals surface area contributed by atoms with Crippen molar-refractivity contribution in [2.24, 2.45) is 5.73 Å². The molecule has 0 amide bonds. The molecule has 0 fully saturated rings. The van der Waals surface area contributed by atoms with Gasteiger partial charge in [-0.15, -0.1) is 0 Å². The molecule has 1 aromatic carbocycles. The summed E-state index contributed by atoms with van der Waals surface area (Å²) in [6.07, 6.45) is -0.361. The summed E-state index contributed by atoms with van der Waals surface area (Å²) in [5.74, 6) is 0.884. The van der Waals surface area contributed by atoms with E-state index in [4.69, 9.17) is 15.2 Å². The van der Waals surface area contributed by atoms with Gasteiger partial charge >= 0.3 is 0 Å². The van der Waals surface area contributed by atoms with Gasteiger partial charge in [0.2, 0.25) is 0 Å². The Kier molecular flexibility index (Phi) is 3.49. The lowest BCUT2D eigenvalue weighted by molar-refractivity contribution is 0.108. The van der Waals surface area contributed by atoms with Crippen LogP contribution in [0.2, 0.25) is 0 Å². The minimum atomic E-state index is -0.361. The van der Waals surface area contributed by atoms with Crippen LogP contribution < -0.4 is 10.5 Å². The third kappa shape index (κ3) is 2.05. The third-order valence-corrected chi connectivity index (χ3v) is 2.34. The van der Waals surface area contributed by atoms with Gasteiger partial charge in [0.05, 0.1) is 7.11 Å². The van der Waals surface area contributed by atoms with Gasteiger partial charge in [-0.3, -0.25) is 0 Å². The fraction of sp³-hybridized carbons (Fsp3) is 0.455. The molecular weight excluding hydrogens is 178 g/mol. The second-order valence-electron chi connectivity index (χ2n) is 3.33. The second-order valence-corrected chi connectivity index (χ2v) is 3.33. The first kappa shape index (κ1) is 11.0. The largest absolute Gasteiger partial charge is 0.496 e. The average molecular weight is 195 g/mol. The zero-order chi connectivity index (χ0) is 10.7. The van der Waals surface area contributed by atoms with Crippen LogP contribution in [0, 0.1) is 13.8 Å². The Morgan fingerprint density at radius 3 is 2.29 bits per heavy atom. The lowest BCUT2D eigenvalue weighted by atomic mass is 10.0. The molecule has 0 aliphatic rings. The molecule has 14 heavy (non-hydrogen) atoms. The Bertz CT molecular complexity index is 323. The van der Waals surface area contributed by atoms with Gasteiger partial charge in [-0.05, 0) is 42.7 Å². The number of hydrogen-bond donors (Lipinski definition) is 1. The van der Waals surface area contributed by atoms with Crippen LogP contribution in [0.3, 0.4) is 0 Å². The first-order chi connectivity index (χ1) is 6.60. The van der Waals surface area contributed by atoms with Gasteiger partial charge in [-0.25, -0.2) is 0 Å². The summed E-state index contributed by atoms with van der Waals surface area (Å²) >= 11 is 0. The minimum absolute atomic E-state index is 0.361. The summed E-state index contributed by atoms with van der Waals surface area (Å²) in [6, 6.07) is 3.98. The molecule has 1 rings (SSSR count). The van der Waals surface area contributed by atoms with Crippen molar-refractivity contribution < 1.29 is 9.47 Å². The topological polar surface area (TPSA) is 44.5 Å². The number of nitrogens with two attached hydrogens (primary N) is 1. The van der Waals surface area contributed by atoms with Gasteiger partial charge in [-0.1, -0.05) is 0 Å². The van der Waals surface area contributed by atoms with E-state index in [0.29, 0.717) is 0 Å². The monoisotopic (exact) mass is 195 g/mol. The maximum Gasteiger partial charge on any atom is 0.131 e. The van der Waals surface area contributed by atoms with Gasteiger partial charge < -0.3 is 15.2 Å². The van der Waals surface area contributed by atoms with E-state index in [1.165, 1.54) is 0 Å². The molecule has 1 atom stereocenters. The molecule has 1 unspecified atom stereocenters. The van der Waals surface area contributed by atoms with E-state index in [1.807, 2.05) is 26.0 Å². The van der Waals surface area contributed by atoms with Crippen LogP contribution >= 0.6 is 0 Å². The molecule has 0 aliphatic heterocycles. The molecule has 0 heterocycles. The summed E-state index contributed by atoms with van der Waals surface area (Å²) in [4.78, 5) is 0. The van der Waals surface area contributed by atoms with Crippen molar-refractivity contribution >= 4 is 0 Å². The number of ether oxygens (including phenoxy) is 2. The molecule has 1 aromatic rings. The summed E-state index contributed by atoms with van der Waals surface area (Å²) in [5.41, 5.74) is 8.95. The van der Waals surface area contributed by atoms with Crippen molar-refractivity contribution in [2.75, 3.05) is 14.2 Å². The average Bonchev–Trinajstić information content (AvgIpc) is 2.19. The predicted molar refractivity (Wildman–Crippen MR) is 56.4 cm³/mol. The predicted octanol–water partition coefficient (Wildman–Crippen LogP) is 1.92. The highest BCUT2D eigenvalue weighted by atomic mass is 16.5. The molecule has 2 N–H and O–H groups in total. The van der Waals surface area contributed by atoms with Gasteiger partial charge in [0.15, 0.2) is 0 Å². The van der Waals surface area contributed by atoms with E-state index >= 15 is 0 Å². The van der Waals surface area contributed by atoms with E-state index < -0.39 is 0 Å². The lowest BCUT2D eigenvalue weighted by Crippen LogP contribution is -2.13. The van der Waals surface area contributed by atoms with Crippen molar-refractivity contribution in [3.05, 3.63) is 28.8 Å². The molecule has 0 bridgehead atoms. The standard InChI is InChI=1S/C11H17NO2/c1-7-6-10(13-3)8(2)5-9(7)11(12)14-4/h5-6,11H,12H2,1-4H3. The number of aryl methyl sites for hydroxylation is 2. The highest BCUT2D eigenvalue weighted by molar-refractivity contribution is 5.42. The molecule has 0 spiro atoms. The van der Waals surface area contributed by atoms with Crippen LogP contribution in [-0.4, -0.2) is 14.2 Å².